The van der Waals surface area contributed by atoms with Gasteiger partial charge in [-0.05, 0) is 17.3 Å². The van der Waals surface area contributed by atoms with Crippen LogP contribution in [0.25, 0.3) is 5.57 Å². The van der Waals surface area contributed by atoms with Gasteiger partial charge in [0.05, 0.1) is 0 Å². The maximum atomic E-state index is 3.26. The molecule has 1 nitrogen and oxygen atoms in total. The van der Waals surface area contributed by atoms with Gasteiger partial charge in [0.1, 0.15) is 0 Å². The Morgan fingerprint density at radius 1 is 1.20 bits per heavy atom. The van der Waals surface area contributed by atoms with Crippen LogP contribution in [-0.4, -0.2) is 6.54 Å². The molecular formula is C18H22NZn-. The molecule has 2 atom stereocenters. The van der Waals surface area contributed by atoms with Crippen molar-refractivity contribution in [1.82, 2.24) is 5.32 Å². The molecule has 0 spiro atoms. The molecule has 2 heteroatoms. The Kier molecular flexibility index (Phi) is 4.25. The summed E-state index contributed by atoms with van der Waals surface area (Å²) in [6.07, 6.45) is 5.31. The summed E-state index contributed by atoms with van der Waals surface area (Å²) in [4.78, 5) is 0. The molecule has 0 amide bonds. The van der Waals surface area contributed by atoms with Gasteiger partial charge in [0.15, 0.2) is 0 Å². The maximum absolute atomic E-state index is 3.26. The van der Waals surface area contributed by atoms with Gasteiger partial charge in [-0.15, -0.1) is 5.57 Å². The molecule has 0 unspecified atom stereocenters. The Bertz CT molecular complexity index is 569. The number of dihydropyridines is 1. The number of allylic oxidation sites excluding steroid dienone is 2. The summed E-state index contributed by atoms with van der Waals surface area (Å²) in [5.41, 5.74) is 5.98. The molecular weight excluding hydrogens is 296 g/mol. The van der Waals surface area contributed by atoms with Crippen molar-refractivity contribution in [3.63, 3.8) is 0 Å². The minimum Gasteiger partial charge on any atom is -0.474 e. The molecule has 1 aliphatic heterocycles. The molecule has 1 heterocycles. The second-order valence-corrected chi connectivity index (χ2v) is 6.43. The molecule has 0 saturated heterocycles. The Morgan fingerprint density at radius 2 is 1.90 bits per heavy atom. The van der Waals surface area contributed by atoms with Crippen LogP contribution in [0.1, 0.15) is 38.8 Å². The molecule has 0 bridgehead atoms. The number of hydrogen-bond donors (Lipinski definition) is 1. The normalized spacial score (nSPS) is 26.8. The summed E-state index contributed by atoms with van der Waals surface area (Å²) in [5.74, 6) is 1.21. The first-order chi connectivity index (χ1) is 9.03. The van der Waals surface area contributed by atoms with E-state index >= 15 is 0 Å². The van der Waals surface area contributed by atoms with Crippen LogP contribution in [0.5, 0.6) is 0 Å². The van der Waals surface area contributed by atoms with E-state index in [1.807, 2.05) is 0 Å². The van der Waals surface area contributed by atoms with Crippen molar-refractivity contribution in [2.45, 2.75) is 33.1 Å². The van der Waals surface area contributed by atoms with Gasteiger partial charge in [0.25, 0.3) is 0 Å². The van der Waals surface area contributed by atoms with E-state index in [4.69, 9.17) is 0 Å². The van der Waals surface area contributed by atoms with E-state index in [1.54, 1.807) is 0 Å². The molecule has 0 saturated carbocycles. The summed E-state index contributed by atoms with van der Waals surface area (Å²) >= 11 is 0. The third-order valence-electron chi connectivity index (χ3n) is 5.29. The van der Waals surface area contributed by atoms with Crippen molar-refractivity contribution in [2.24, 2.45) is 11.8 Å². The zero-order valence-electron chi connectivity index (χ0n) is 13.0. The summed E-state index contributed by atoms with van der Waals surface area (Å²) in [6.45, 7) is 10.5. The molecule has 102 valence electrons. The maximum Gasteiger partial charge on any atom is 0.00363 e. The number of rotatable bonds is 0. The first-order valence-electron chi connectivity index (χ1n) is 7.18. The topological polar surface area (TPSA) is 12.0 Å². The van der Waals surface area contributed by atoms with Crippen LogP contribution < -0.4 is 5.32 Å². The van der Waals surface area contributed by atoms with Crippen molar-refractivity contribution < 1.29 is 19.5 Å². The average molecular weight is 318 g/mol. The summed E-state index contributed by atoms with van der Waals surface area (Å²) < 4.78 is 0. The van der Waals surface area contributed by atoms with E-state index in [9.17, 15) is 0 Å². The fraction of sp³-hybridized carbons (Fsp3) is 0.444. The quantitative estimate of drug-likeness (QED) is 0.565. The van der Waals surface area contributed by atoms with Crippen molar-refractivity contribution in [3.8, 4) is 0 Å². The van der Waals surface area contributed by atoms with Gasteiger partial charge in [-0.2, -0.15) is 11.8 Å². The van der Waals surface area contributed by atoms with Crippen LogP contribution >= 0.6 is 0 Å². The van der Waals surface area contributed by atoms with Crippen molar-refractivity contribution >= 4 is 5.57 Å². The smallest absolute Gasteiger partial charge is 0.00363 e. The van der Waals surface area contributed by atoms with Crippen LogP contribution in [0.15, 0.2) is 35.9 Å². The van der Waals surface area contributed by atoms with Crippen LogP contribution in [0.3, 0.4) is 0 Å². The van der Waals surface area contributed by atoms with Gasteiger partial charge in [0.2, 0.25) is 0 Å². The van der Waals surface area contributed by atoms with Crippen molar-refractivity contribution in [1.29, 1.82) is 0 Å². The third kappa shape index (κ3) is 2.19. The van der Waals surface area contributed by atoms with Crippen molar-refractivity contribution in [3.05, 3.63) is 53.2 Å². The predicted molar refractivity (Wildman–Crippen MR) is 80.5 cm³/mol. The molecule has 1 aromatic rings. The molecule has 20 heavy (non-hydrogen) atoms. The predicted octanol–water partition coefficient (Wildman–Crippen LogP) is 3.92. The standard InChI is InChI=1S/C18H22N.Zn/c1-12-13(2)18(3,4)17-8-6-5-7-15(17)14-9-10-19-11-16(12)14;/h5-9,12-13,19H,11H2,1-4H3;/q-1;/t12-,13-;/m0./s1. The number of benzene rings is 1. The van der Waals surface area contributed by atoms with E-state index in [0.29, 0.717) is 11.8 Å². The fourth-order valence-electron chi connectivity index (χ4n) is 3.57. The van der Waals surface area contributed by atoms with E-state index in [-0.39, 0.29) is 24.9 Å². The second kappa shape index (κ2) is 5.49. The van der Waals surface area contributed by atoms with Crippen LogP contribution in [0.2, 0.25) is 0 Å². The first kappa shape index (κ1) is 15.5. The van der Waals surface area contributed by atoms with E-state index < -0.39 is 0 Å². The van der Waals surface area contributed by atoms with Gasteiger partial charge in [0, 0.05) is 26.0 Å². The number of fused-ring (bicyclic) bond motifs is 2. The summed E-state index contributed by atoms with van der Waals surface area (Å²) in [6, 6.07) is 8.87. The number of nitrogens with one attached hydrogen (secondary N) is 1. The van der Waals surface area contributed by atoms with E-state index in [1.165, 1.54) is 22.3 Å². The first-order valence-corrected chi connectivity index (χ1v) is 7.18. The zero-order chi connectivity index (χ0) is 13.6. The number of hydrogen-bond acceptors (Lipinski definition) is 1. The Morgan fingerprint density at radius 3 is 2.65 bits per heavy atom. The van der Waals surface area contributed by atoms with Gasteiger partial charge in [-0.25, -0.2) is 6.08 Å². The van der Waals surface area contributed by atoms with Gasteiger partial charge in [-0.3, -0.25) is 0 Å². The largest absolute Gasteiger partial charge is 0.474 e. The van der Waals surface area contributed by atoms with Crippen LogP contribution in [0.4, 0.5) is 0 Å². The minimum absolute atomic E-state index is 0. The van der Waals surface area contributed by atoms with Gasteiger partial charge >= 0.3 is 0 Å². The molecule has 2 aliphatic rings. The second-order valence-electron chi connectivity index (χ2n) is 6.43. The van der Waals surface area contributed by atoms with Gasteiger partial charge in [-0.1, -0.05) is 63.1 Å². The molecule has 1 aromatic carbocycles. The van der Waals surface area contributed by atoms with Crippen LogP contribution in [-0.2, 0) is 24.9 Å². The fourth-order valence-corrected chi connectivity index (χ4v) is 3.57. The SMILES string of the molecule is C[C@@H]1C2=C(C=[C-]NC2)c2ccccc2C(C)(C)[C@H]1C.[Zn]. The van der Waals surface area contributed by atoms with Gasteiger partial charge < -0.3 is 5.32 Å². The van der Waals surface area contributed by atoms with E-state index in [0.717, 1.165) is 6.54 Å². The summed E-state index contributed by atoms with van der Waals surface area (Å²) in [7, 11) is 0. The average Bonchev–Trinajstić information content (AvgIpc) is 2.50. The Labute approximate surface area is 135 Å². The minimum atomic E-state index is 0. The Balaban J connectivity index is 0.00000147. The molecule has 0 radical (unpaired) electrons. The van der Waals surface area contributed by atoms with E-state index in [2.05, 4.69) is 69.6 Å². The molecule has 1 N–H and O–H groups in total. The molecule has 3 rings (SSSR count). The zero-order valence-corrected chi connectivity index (χ0v) is 15.9. The van der Waals surface area contributed by atoms with Crippen molar-refractivity contribution in [2.75, 3.05) is 6.54 Å². The molecule has 0 fully saturated rings. The monoisotopic (exact) mass is 316 g/mol. The summed E-state index contributed by atoms with van der Waals surface area (Å²) in [5, 5.41) is 3.26. The molecule has 0 aromatic heterocycles. The van der Waals surface area contributed by atoms with Crippen LogP contribution in [0, 0.1) is 18.0 Å². The molecule has 1 aliphatic carbocycles. The Hall–Kier alpha value is -0.877. The third-order valence-corrected chi connectivity index (χ3v) is 5.29.